The molecule has 1 unspecified atom stereocenters. The minimum atomic E-state index is -3.64. The highest BCUT2D eigenvalue weighted by Crippen LogP contribution is 2.24. The molecular weight excluding hydrogens is 364 g/mol. The Kier molecular flexibility index (Phi) is 6.49. The first kappa shape index (κ1) is 20.8. The summed E-state index contributed by atoms with van der Waals surface area (Å²) in [6, 6.07) is 11.9. The summed E-state index contributed by atoms with van der Waals surface area (Å²) in [5, 5.41) is 2.80. The van der Waals surface area contributed by atoms with E-state index in [1.165, 1.54) is 0 Å². The molecular formula is C20H26N2O4S. The van der Waals surface area contributed by atoms with Crippen LogP contribution in [0.5, 0.6) is 5.75 Å². The SMILES string of the molecule is COc1ccccc1CNC(=O)C(C)N(c1cc(C)cc(C)c1)S(C)(=O)=O. The van der Waals surface area contributed by atoms with Crippen molar-refractivity contribution >= 4 is 21.6 Å². The quantitative estimate of drug-likeness (QED) is 0.789. The number of rotatable bonds is 7. The standard InChI is InChI=1S/C20H26N2O4S/c1-14-10-15(2)12-18(11-14)22(27(5,24)25)16(3)20(23)21-13-17-8-6-7-9-19(17)26-4/h6-12,16H,13H2,1-5H3,(H,21,23). The Bertz CT molecular complexity index is 905. The predicted molar refractivity (Wildman–Crippen MR) is 108 cm³/mol. The van der Waals surface area contributed by atoms with Gasteiger partial charge in [0.25, 0.3) is 0 Å². The molecule has 0 heterocycles. The molecule has 2 aromatic carbocycles. The lowest BCUT2D eigenvalue weighted by Gasteiger charge is -2.29. The Morgan fingerprint density at radius 1 is 1.15 bits per heavy atom. The zero-order chi connectivity index (χ0) is 20.2. The molecule has 7 heteroatoms. The molecule has 0 bridgehead atoms. The number of amides is 1. The number of nitrogens with one attached hydrogen (secondary N) is 1. The van der Waals surface area contributed by atoms with Gasteiger partial charge in [0.15, 0.2) is 0 Å². The Morgan fingerprint density at radius 2 is 1.74 bits per heavy atom. The monoisotopic (exact) mass is 390 g/mol. The van der Waals surface area contributed by atoms with E-state index in [-0.39, 0.29) is 12.5 Å². The van der Waals surface area contributed by atoms with Gasteiger partial charge in [0, 0.05) is 12.1 Å². The van der Waals surface area contributed by atoms with Gasteiger partial charge in [-0.3, -0.25) is 9.10 Å². The van der Waals surface area contributed by atoms with Gasteiger partial charge in [-0.2, -0.15) is 0 Å². The lowest BCUT2D eigenvalue weighted by Crippen LogP contribution is -2.47. The van der Waals surface area contributed by atoms with Crippen molar-refractivity contribution in [1.29, 1.82) is 0 Å². The lowest BCUT2D eigenvalue weighted by atomic mass is 10.1. The number of nitrogens with zero attached hydrogens (tertiary/aromatic N) is 1. The first-order chi connectivity index (χ1) is 12.6. The molecule has 1 atom stereocenters. The summed E-state index contributed by atoms with van der Waals surface area (Å²) in [6.45, 7) is 5.61. The topological polar surface area (TPSA) is 75.7 Å². The van der Waals surface area contributed by atoms with Crippen molar-refractivity contribution in [3.63, 3.8) is 0 Å². The molecule has 0 aromatic heterocycles. The first-order valence-electron chi connectivity index (χ1n) is 8.60. The van der Waals surface area contributed by atoms with Gasteiger partial charge < -0.3 is 10.1 Å². The summed E-state index contributed by atoms with van der Waals surface area (Å²) in [5.74, 6) is 0.283. The number of para-hydroxylation sites is 1. The highest BCUT2D eigenvalue weighted by Gasteiger charge is 2.29. The van der Waals surface area contributed by atoms with Crippen LogP contribution in [0, 0.1) is 13.8 Å². The molecule has 0 fully saturated rings. The summed E-state index contributed by atoms with van der Waals surface area (Å²) in [6.07, 6.45) is 1.11. The van der Waals surface area contributed by atoms with Gasteiger partial charge in [-0.25, -0.2) is 8.42 Å². The summed E-state index contributed by atoms with van der Waals surface area (Å²) in [7, 11) is -2.08. The van der Waals surface area contributed by atoms with Gasteiger partial charge in [-0.15, -0.1) is 0 Å². The maximum atomic E-state index is 12.7. The van der Waals surface area contributed by atoms with Crippen molar-refractivity contribution in [1.82, 2.24) is 5.32 Å². The lowest BCUT2D eigenvalue weighted by molar-refractivity contribution is -0.122. The van der Waals surface area contributed by atoms with E-state index in [2.05, 4.69) is 5.32 Å². The maximum absolute atomic E-state index is 12.7. The van der Waals surface area contributed by atoms with Crippen molar-refractivity contribution in [2.24, 2.45) is 0 Å². The molecule has 2 aromatic rings. The summed E-state index contributed by atoms with van der Waals surface area (Å²) in [4.78, 5) is 12.7. The normalized spacial score (nSPS) is 12.3. The van der Waals surface area contributed by atoms with E-state index in [0.717, 1.165) is 27.3 Å². The number of carbonyl (C=O) groups is 1. The fourth-order valence-electron chi connectivity index (χ4n) is 3.07. The van der Waals surface area contributed by atoms with E-state index >= 15 is 0 Å². The summed E-state index contributed by atoms with van der Waals surface area (Å²) >= 11 is 0. The molecule has 0 saturated carbocycles. The molecule has 0 saturated heterocycles. The number of anilines is 1. The van der Waals surface area contributed by atoms with Crippen LogP contribution in [0.3, 0.4) is 0 Å². The zero-order valence-electron chi connectivity index (χ0n) is 16.3. The molecule has 2 rings (SSSR count). The number of carbonyl (C=O) groups excluding carboxylic acids is 1. The second-order valence-electron chi connectivity index (χ2n) is 6.61. The van der Waals surface area contributed by atoms with Crippen LogP contribution in [-0.2, 0) is 21.4 Å². The van der Waals surface area contributed by atoms with Crippen LogP contribution in [-0.4, -0.2) is 33.7 Å². The van der Waals surface area contributed by atoms with Crippen molar-refractivity contribution in [2.75, 3.05) is 17.7 Å². The van der Waals surface area contributed by atoms with E-state index < -0.39 is 16.1 Å². The summed E-state index contributed by atoms with van der Waals surface area (Å²) < 4.78 is 31.2. The number of sulfonamides is 1. The Balaban J connectivity index is 2.25. The van der Waals surface area contributed by atoms with Crippen LogP contribution in [0.1, 0.15) is 23.6 Å². The smallest absolute Gasteiger partial charge is 0.243 e. The van der Waals surface area contributed by atoms with Gasteiger partial charge in [0.2, 0.25) is 15.9 Å². The predicted octanol–water partition coefficient (Wildman–Crippen LogP) is 2.78. The molecule has 146 valence electrons. The number of hydrogen-bond donors (Lipinski definition) is 1. The first-order valence-corrected chi connectivity index (χ1v) is 10.5. The van der Waals surface area contributed by atoms with Crippen LogP contribution >= 0.6 is 0 Å². The Morgan fingerprint density at radius 3 is 2.30 bits per heavy atom. The molecule has 6 nitrogen and oxygen atoms in total. The van der Waals surface area contributed by atoms with E-state index in [1.54, 1.807) is 26.2 Å². The Labute approximate surface area is 161 Å². The summed E-state index contributed by atoms with van der Waals surface area (Å²) in [5.41, 5.74) is 3.16. The fourth-order valence-corrected chi connectivity index (χ4v) is 4.22. The maximum Gasteiger partial charge on any atom is 0.243 e. The van der Waals surface area contributed by atoms with Crippen LogP contribution in [0.25, 0.3) is 0 Å². The van der Waals surface area contributed by atoms with Gasteiger partial charge >= 0.3 is 0 Å². The van der Waals surface area contributed by atoms with Gasteiger partial charge in [-0.1, -0.05) is 24.3 Å². The zero-order valence-corrected chi connectivity index (χ0v) is 17.1. The van der Waals surface area contributed by atoms with Crippen LogP contribution in [0.2, 0.25) is 0 Å². The van der Waals surface area contributed by atoms with Gasteiger partial charge in [0.05, 0.1) is 19.1 Å². The van der Waals surface area contributed by atoms with Crippen LogP contribution in [0.15, 0.2) is 42.5 Å². The Hall–Kier alpha value is -2.54. The average Bonchev–Trinajstić information content (AvgIpc) is 2.57. The highest BCUT2D eigenvalue weighted by atomic mass is 32.2. The molecule has 0 radical (unpaired) electrons. The molecule has 0 aliphatic heterocycles. The van der Waals surface area contributed by atoms with Crippen LogP contribution < -0.4 is 14.4 Å². The van der Waals surface area contributed by atoms with Crippen molar-refractivity contribution in [2.45, 2.75) is 33.4 Å². The number of methoxy groups -OCH3 is 1. The van der Waals surface area contributed by atoms with Crippen molar-refractivity contribution < 1.29 is 17.9 Å². The average molecular weight is 391 g/mol. The van der Waals surface area contributed by atoms with E-state index in [0.29, 0.717) is 11.4 Å². The molecule has 1 N–H and O–H groups in total. The van der Waals surface area contributed by atoms with Gasteiger partial charge in [0.1, 0.15) is 11.8 Å². The van der Waals surface area contributed by atoms with E-state index in [1.807, 2.05) is 44.2 Å². The molecule has 0 spiro atoms. The number of ether oxygens (including phenoxy) is 1. The molecule has 0 aliphatic rings. The highest BCUT2D eigenvalue weighted by molar-refractivity contribution is 7.92. The molecule has 1 amide bonds. The third-order valence-corrected chi connectivity index (χ3v) is 5.44. The van der Waals surface area contributed by atoms with Crippen molar-refractivity contribution in [3.05, 3.63) is 59.2 Å². The van der Waals surface area contributed by atoms with E-state index in [9.17, 15) is 13.2 Å². The second kappa shape index (κ2) is 8.43. The largest absolute Gasteiger partial charge is 0.496 e. The number of benzene rings is 2. The van der Waals surface area contributed by atoms with Gasteiger partial charge in [-0.05, 0) is 50.1 Å². The number of hydrogen-bond acceptors (Lipinski definition) is 4. The fraction of sp³-hybridized carbons (Fsp3) is 0.350. The number of aryl methyl sites for hydroxylation is 2. The van der Waals surface area contributed by atoms with E-state index in [4.69, 9.17) is 4.74 Å². The third-order valence-electron chi connectivity index (χ3n) is 4.20. The molecule has 0 aliphatic carbocycles. The molecule has 27 heavy (non-hydrogen) atoms. The minimum Gasteiger partial charge on any atom is -0.496 e. The van der Waals surface area contributed by atoms with Crippen molar-refractivity contribution in [3.8, 4) is 5.75 Å². The third kappa shape index (κ3) is 5.23. The second-order valence-corrected chi connectivity index (χ2v) is 8.47. The minimum absolute atomic E-state index is 0.248. The van der Waals surface area contributed by atoms with Crippen LogP contribution in [0.4, 0.5) is 5.69 Å².